The highest BCUT2D eigenvalue weighted by atomic mass is 16.5. The SMILES string of the molecule is COc1cc2c(c(C)c1OC)CC(CC1CCNCC1)C2=O. The zero-order valence-electron chi connectivity index (χ0n) is 13.7. The number of ketones is 1. The molecule has 22 heavy (non-hydrogen) atoms. The van der Waals surface area contributed by atoms with Crippen LogP contribution in [0.15, 0.2) is 6.07 Å². The van der Waals surface area contributed by atoms with Crippen molar-refractivity contribution in [1.29, 1.82) is 0 Å². The van der Waals surface area contributed by atoms with Gasteiger partial charge in [-0.05, 0) is 68.8 Å². The first-order chi connectivity index (χ1) is 10.7. The molecule has 1 heterocycles. The van der Waals surface area contributed by atoms with Gasteiger partial charge < -0.3 is 14.8 Å². The van der Waals surface area contributed by atoms with Crippen LogP contribution >= 0.6 is 0 Å². The number of rotatable bonds is 4. The number of benzene rings is 1. The van der Waals surface area contributed by atoms with Gasteiger partial charge in [0.1, 0.15) is 0 Å². The molecule has 0 aromatic heterocycles. The Balaban J connectivity index is 1.85. The summed E-state index contributed by atoms with van der Waals surface area (Å²) in [6, 6.07) is 1.87. The summed E-state index contributed by atoms with van der Waals surface area (Å²) in [6.45, 7) is 4.19. The van der Waals surface area contributed by atoms with E-state index in [4.69, 9.17) is 9.47 Å². The van der Waals surface area contributed by atoms with Crippen molar-refractivity contribution in [1.82, 2.24) is 5.32 Å². The molecular weight excluding hydrogens is 278 g/mol. The van der Waals surface area contributed by atoms with Gasteiger partial charge in [-0.25, -0.2) is 0 Å². The van der Waals surface area contributed by atoms with Gasteiger partial charge in [-0.1, -0.05) is 0 Å². The van der Waals surface area contributed by atoms with E-state index in [0.29, 0.717) is 11.7 Å². The highest BCUT2D eigenvalue weighted by Gasteiger charge is 2.35. The molecule has 1 N–H and O–H groups in total. The zero-order chi connectivity index (χ0) is 15.7. The van der Waals surface area contributed by atoms with Crippen LogP contribution in [0.2, 0.25) is 0 Å². The number of carbonyl (C=O) groups excluding carboxylic acids is 1. The molecule has 2 aliphatic rings. The van der Waals surface area contributed by atoms with Gasteiger partial charge >= 0.3 is 0 Å². The highest BCUT2D eigenvalue weighted by molar-refractivity contribution is 6.03. The molecule has 0 bridgehead atoms. The van der Waals surface area contributed by atoms with Crippen molar-refractivity contribution in [2.75, 3.05) is 27.3 Å². The van der Waals surface area contributed by atoms with Crippen LogP contribution in [-0.4, -0.2) is 33.1 Å². The number of hydrogen-bond donors (Lipinski definition) is 1. The molecular formula is C18H25NO3. The lowest BCUT2D eigenvalue weighted by molar-refractivity contribution is 0.0913. The Bertz CT molecular complexity index is 576. The second kappa shape index (κ2) is 6.29. The highest BCUT2D eigenvalue weighted by Crippen LogP contribution is 2.42. The maximum absolute atomic E-state index is 12.8. The first-order valence-electron chi connectivity index (χ1n) is 8.15. The minimum Gasteiger partial charge on any atom is -0.493 e. The Morgan fingerprint density at radius 3 is 2.59 bits per heavy atom. The molecule has 1 saturated heterocycles. The summed E-state index contributed by atoms with van der Waals surface area (Å²) in [7, 11) is 3.27. The van der Waals surface area contributed by atoms with E-state index in [-0.39, 0.29) is 11.7 Å². The van der Waals surface area contributed by atoms with Gasteiger partial charge in [-0.3, -0.25) is 4.79 Å². The van der Waals surface area contributed by atoms with Crippen molar-refractivity contribution in [3.8, 4) is 11.5 Å². The van der Waals surface area contributed by atoms with Crippen molar-refractivity contribution in [3.63, 3.8) is 0 Å². The van der Waals surface area contributed by atoms with Gasteiger partial charge in [0.2, 0.25) is 0 Å². The Labute approximate surface area is 132 Å². The average molecular weight is 303 g/mol. The van der Waals surface area contributed by atoms with Gasteiger partial charge in [0, 0.05) is 11.5 Å². The van der Waals surface area contributed by atoms with Crippen LogP contribution in [0.5, 0.6) is 11.5 Å². The van der Waals surface area contributed by atoms with Crippen molar-refractivity contribution < 1.29 is 14.3 Å². The van der Waals surface area contributed by atoms with E-state index in [9.17, 15) is 4.79 Å². The van der Waals surface area contributed by atoms with E-state index in [2.05, 4.69) is 5.32 Å². The van der Waals surface area contributed by atoms with Crippen LogP contribution < -0.4 is 14.8 Å². The predicted molar refractivity (Wildman–Crippen MR) is 86.0 cm³/mol. The molecule has 1 aliphatic carbocycles. The summed E-state index contributed by atoms with van der Waals surface area (Å²) < 4.78 is 10.9. The molecule has 3 rings (SSSR count). The summed E-state index contributed by atoms with van der Waals surface area (Å²) >= 11 is 0. The maximum atomic E-state index is 12.8. The van der Waals surface area contributed by atoms with Crippen molar-refractivity contribution >= 4 is 5.78 Å². The third-order valence-corrected chi connectivity index (χ3v) is 5.20. The zero-order valence-corrected chi connectivity index (χ0v) is 13.7. The second-order valence-corrected chi connectivity index (χ2v) is 6.46. The number of fused-ring (bicyclic) bond motifs is 1. The molecule has 1 atom stereocenters. The van der Waals surface area contributed by atoms with Crippen LogP contribution in [0.3, 0.4) is 0 Å². The molecule has 0 spiro atoms. The van der Waals surface area contributed by atoms with Crippen LogP contribution in [0.4, 0.5) is 0 Å². The maximum Gasteiger partial charge on any atom is 0.166 e. The molecule has 4 heteroatoms. The first kappa shape index (κ1) is 15.3. The van der Waals surface area contributed by atoms with Crippen LogP contribution in [0, 0.1) is 18.8 Å². The van der Waals surface area contributed by atoms with E-state index < -0.39 is 0 Å². The van der Waals surface area contributed by atoms with Gasteiger partial charge in [-0.2, -0.15) is 0 Å². The monoisotopic (exact) mass is 303 g/mol. The van der Waals surface area contributed by atoms with Crippen molar-refractivity contribution in [3.05, 3.63) is 22.8 Å². The lowest BCUT2D eigenvalue weighted by Gasteiger charge is -2.24. The van der Waals surface area contributed by atoms with Crippen molar-refractivity contribution in [2.45, 2.75) is 32.6 Å². The van der Waals surface area contributed by atoms with E-state index in [1.165, 1.54) is 12.8 Å². The molecule has 4 nitrogen and oxygen atoms in total. The number of hydrogen-bond acceptors (Lipinski definition) is 4. The molecule has 0 saturated carbocycles. The molecule has 0 radical (unpaired) electrons. The molecule has 120 valence electrons. The molecule has 0 amide bonds. The van der Waals surface area contributed by atoms with Gasteiger partial charge in [0.25, 0.3) is 0 Å². The molecule has 1 unspecified atom stereocenters. The lowest BCUT2D eigenvalue weighted by Crippen LogP contribution is -2.29. The standard InChI is InChI=1S/C18H25NO3/c1-11-14-9-13(8-12-4-6-19-7-5-12)17(20)15(14)10-16(21-2)18(11)22-3/h10,12-13,19H,4-9H2,1-3H3. The molecule has 1 fully saturated rings. The summed E-state index contributed by atoms with van der Waals surface area (Å²) in [6.07, 6.45) is 4.24. The second-order valence-electron chi connectivity index (χ2n) is 6.46. The number of nitrogens with one attached hydrogen (secondary N) is 1. The summed E-state index contributed by atoms with van der Waals surface area (Å²) in [4.78, 5) is 12.8. The summed E-state index contributed by atoms with van der Waals surface area (Å²) in [5.74, 6) is 2.52. The third-order valence-electron chi connectivity index (χ3n) is 5.20. The van der Waals surface area contributed by atoms with E-state index in [0.717, 1.165) is 48.4 Å². The smallest absolute Gasteiger partial charge is 0.166 e. The lowest BCUT2D eigenvalue weighted by atomic mass is 9.86. The summed E-state index contributed by atoms with van der Waals surface area (Å²) in [5.41, 5.74) is 3.05. The predicted octanol–water partition coefficient (Wildman–Crippen LogP) is 2.76. The van der Waals surface area contributed by atoms with Gasteiger partial charge in [0.05, 0.1) is 14.2 Å². The quantitative estimate of drug-likeness (QED) is 0.929. The fraction of sp³-hybridized carbons (Fsp3) is 0.611. The topological polar surface area (TPSA) is 47.6 Å². The normalized spacial score (nSPS) is 21.8. The van der Waals surface area contributed by atoms with Gasteiger partial charge in [0.15, 0.2) is 17.3 Å². The Kier molecular flexibility index (Phi) is 4.39. The Morgan fingerprint density at radius 2 is 1.95 bits per heavy atom. The minimum absolute atomic E-state index is 0.133. The minimum atomic E-state index is 0.133. The van der Waals surface area contributed by atoms with Gasteiger partial charge in [-0.15, -0.1) is 0 Å². The Morgan fingerprint density at radius 1 is 1.23 bits per heavy atom. The number of methoxy groups -OCH3 is 2. The third kappa shape index (κ3) is 2.60. The number of piperidine rings is 1. The van der Waals surface area contributed by atoms with E-state index >= 15 is 0 Å². The number of carbonyl (C=O) groups is 1. The molecule has 1 aromatic rings. The van der Waals surface area contributed by atoms with E-state index in [1.807, 2.05) is 13.0 Å². The first-order valence-corrected chi connectivity index (χ1v) is 8.15. The number of Topliss-reactive ketones (excluding diaryl/α,β-unsaturated/α-hetero) is 1. The fourth-order valence-electron chi connectivity index (χ4n) is 3.96. The van der Waals surface area contributed by atoms with E-state index in [1.54, 1.807) is 14.2 Å². The van der Waals surface area contributed by atoms with Crippen molar-refractivity contribution in [2.24, 2.45) is 11.8 Å². The Hall–Kier alpha value is -1.55. The molecule has 1 aromatic carbocycles. The average Bonchev–Trinajstić information content (AvgIpc) is 2.85. The molecule has 1 aliphatic heterocycles. The fourth-order valence-corrected chi connectivity index (χ4v) is 3.96. The number of ether oxygens (including phenoxy) is 2. The summed E-state index contributed by atoms with van der Waals surface area (Å²) in [5, 5.41) is 3.39. The largest absolute Gasteiger partial charge is 0.493 e. The van der Waals surface area contributed by atoms with Crippen LogP contribution in [0.1, 0.15) is 40.7 Å². The van der Waals surface area contributed by atoms with Crippen LogP contribution in [-0.2, 0) is 6.42 Å². The van der Waals surface area contributed by atoms with Crippen LogP contribution in [0.25, 0.3) is 0 Å².